The van der Waals surface area contributed by atoms with Crippen molar-refractivity contribution in [2.75, 3.05) is 6.54 Å². The summed E-state index contributed by atoms with van der Waals surface area (Å²) in [6.07, 6.45) is 1.22. The van der Waals surface area contributed by atoms with Crippen molar-refractivity contribution in [1.82, 2.24) is 14.8 Å². The number of hydrogen-bond donors (Lipinski definition) is 2. The zero-order valence-corrected chi connectivity index (χ0v) is 9.19. The van der Waals surface area contributed by atoms with Crippen LogP contribution in [-0.4, -0.2) is 21.3 Å². The lowest BCUT2D eigenvalue weighted by molar-refractivity contribution is 0.611. The van der Waals surface area contributed by atoms with Crippen LogP contribution in [0.5, 0.6) is 0 Å². The van der Waals surface area contributed by atoms with Gasteiger partial charge in [-0.2, -0.15) is 5.10 Å². The number of benzene rings is 1. The van der Waals surface area contributed by atoms with E-state index in [9.17, 15) is 9.18 Å². The van der Waals surface area contributed by atoms with Crippen LogP contribution in [0, 0.1) is 5.82 Å². The standard InChI is InChI=1S/C11H13FN4O/c12-8-4-1-2-5-9(8)16-10(6-3-7-13)14-15-11(16)17/h1-2,4-5H,3,6-7,13H2,(H,15,17). The molecule has 0 spiro atoms. The maximum Gasteiger partial charge on any atom is 0.348 e. The van der Waals surface area contributed by atoms with Gasteiger partial charge >= 0.3 is 5.69 Å². The van der Waals surface area contributed by atoms with Gasteiger partial charge in [0.05, 0.1) is 5.69 Å². The van der Waals surface area contributed by atoms with Crippen molar-refractivity contribution in [3.63, 3.8) is 0 Å². The highest BCUT2D eigenvalue weighted by molar-refractivity contribution is 5.34. The van der Waals surface area contributed by atoms with E-state index in [2.05, 4.69) is 10.2 Å². The summed E-state index contributed by atoms with van der Waals surface area (Å²) >= 11 is 0. The van der Waals surface area contributed by atoms with Crippen LogP contribution in [0.4, 0.5) is 4.39 Å². The Bertz CT molecular complexity index is 561. The van der Waals surface area contributed by atoms with Gasteiger partial charge in [0, 0.05) is 6.42 Å². The van der Waals surface area contributed by atoms with E-state index in [1.807, 2.05) is 0 Å². The summed E-state index contributed by atoms with van der Waals surface area (Å²) in [6.45, 7) is 0.498. The van der Waals surface area contributed by atoms with Crippen LogP contribution in [0.15, 0.2) is 29.1 Å². The van der Waals surface area contributed by atoms with Crippen LogP contribution in [0.1, 0.15) is 12.2 Å². The molecule has 0 atom stereocenters. The molecule has 0 amide bonds. The summed E-state index contributed by atoms with van der Waals surface area (Å²) in [5, 5.41) is 6.20. The molecule has 5 nitrogen and oxygen atoms in total. The van der Waals surface area contributed by atoms with Crippen LogP contribution in [-0.2, 0) is 6.42 Å². The Hall–Kier alpha value is -1.95. The number of aromatic nitrogens is 3. The summed E-state index contributed by atoms with van der Waals surface area (Å²) in [7, 11) is 0. The van der Waals surface area contributed by atoms with Gasteiger partial charge in [-0.3, -0.25) is 0 Å². The Labute approximate surface area is 97.1 Å². The minimum atomic E-state index is -0.454. The van der Waals surface area contributed by atoms with Gasteiger partial charge in [-0.15, -0.1) is 0 Å². The molecule has 0 radical (unpaired) electrons. The van der Waals surface area contributed by atoms with Crippen LogP contribution < -0.4 is 11.4 Å². The molecule has 1 aromatic heterocycles. The fourth-order valence-electron chi connectivity index (χ4n) is 1.64. The van der Waals surface area contributed by atoms with E-state index in [0.29, 0.717) is 25.2 Å². The molecule has 1 aromatic carbocycles. The lowest BCUT2D eigenvalue weighted by Gasteiger charge is -2.05. The molecule has 17 heavy (non-hydrogen) atoms. The Morgan fingerprint density at radius 1 is 1.41 bits per heavy atom. The smallest absolute Gasteiger partial charge is 0.330 e. The summed E-state index contributed by atoms with van der Waals surface area (Å²) in [5.41, 5.74) is 5.17. The van der Waals surface area contributed by atoms with Gasteiger partial charge in [-0.05, 0) is 25.1 Å². The lowest BCUT2D eigenvalue weighted by Crippen LogP contribution is -2.18. The maximum absolute atomic E-state index is 13.6. The largest absolute Gasteiger partial charge is 0.348 e. The summed E-state index contributed by atoms with van der Waals surface area (Å²) in [6, 6.07) is 6.09. The SMILES string of the molecule is NCCCc1n[nH]c(=O)n1-c1ccccc1F. The molecule has 0 saturated heterocycles. The highest BCUT2D eigenvalue weighted by Crippen LogP contribution is 2.12. The second-order valence-electron chi connectivity index (χ2n) is 3.62. The number of para-hydroxylation sites is 1. The second kappa shape index (κ2) is 4.92. The number of nitrogens with two attached hydrogens (primary N) is 1. The molecule has 1 heterocycles. The van der Waals surface area contributed by atoms with E-state index < -0.39 is 11.5 Å². The van der Waals surface area contributed by atoms with E-state index in [4.69, 9.17) is 5.73 Å². The Balaban J connectivity index is 2.48. The first kappa shape index (κ1) is 11.5. The third-order valence-corrected chi connectivity index (χ3v) is 2.44. The first-order valence-electron chi connectivity index (χ1n) is 5.35. The third-order valence-electron chi connectivity index (χ3n) is 2.44. The number of nitrogens with one attached hydrogen (secondary N) is 1. The average molecular weight is 236 g/mol. The molecular formula is C11H13FN4O. The Kier molecular flexibility index (Phi) is 3.34. The summed E-state index contributed by atoms with van der Waals surface area (Å²) in [4.78, 5) is 11.6. The molecule has 90 valence electrons. The normalized spacial score (nSPS) is 10.7. The molecule has 0 fully saturated rings. The minimum Gasteiger partial charge on any atom is -0.330 e. The predicted molar refractivity (Wildman–Crippen MR) is 61.5 cm³/mol. The van der Waals surface area contributed by atoms with Crippen molar-refractivity contribution in [3.8, 4) is 5.69 Å². The quantitative estimate of drug-likeness (QED) is 0.815. The fraction of sp³-hybridized carbons (Fsp3) is 0.273. The molecule has 0 saturated carbocycles. The van der Waals surface area contributed by atoms with Crippen molar-refractivity contribution >= 4 is 0 Å². The van der Waals surface area contributed by atoms with Gasteiger partial charge in [-0.25, -0.2) is 18.9 Å². The topological polar surface area (TPSA) is 76.7 Å². The molecule has 0 bridgehead atoms. The average Bonchev–Trinajstić information content (AvgIpc) is 2.69. The lowest BCUT2D eigenvalue weighted by atomic mass is 10.2. The van der Waals surface area contributed by atoms with Gasteiger partial charge < -0.3 is 5.73 Å². The monoisotopic (exact) mass is 236 g/mol. The van der Waals surface area contributed by atoms with Crippen LogP contribution >= 0.6 is 0 Å². The third kappa shape index (κ3) is 2.26. The zero-order chi connectivity index (χ0) is 12.3. The summed E-state index contributed by atoms with van der Waals surface area (Å²) < 4.78 is 14.9. The van der Waals surface area contributed by atoms with Gasteiger partial charge in [0.15, 0.2) is 0 Å². The second-order valence-corrected chi connectivity index (χ2v) is 3.62. The van der Waals surface area contributed by atoms with Gasteiger partial charge in [0.2, 0.25) is 0 Å². The van der Waals surface area contributed by atoms with Crippen LogP contribution in [0.25, 0.3) is 5.69 Å². The number of halogens is 1. The van der Waals surface area contributed by atoms with Crippen molar-refractivity contribution in [1.29, 1.82) is 0 Å². The molecule has 0 aliphatic heterocycles. The van der Waals surface area contributed by atoms with Gasteiger partial charge in [-0.1, -0.05) is 12.1 Å². The number of H-pyrrole nitrogens is 1. The van der Waals surface area contributed by atoms with E-state index >= 15 is 0 Å². The Morgan fingerprint density at radius 3 is 2.88 bits per heavy atom. The fourth-order valence-corrected chi connectivity index (χ4v) is 1.64. The van der Waals surface area contributed by atoms with E-state index in [-0.39, 0.29) is 5.69 Å². The van der Waals surface area contributed by atoms with Crippen LogP contribution in [0.3, 0.4) is 0 Å². The van der Waals surface area contributed by atoms with Crippen molar-refractivity contribution in [2.45, 2.75) is 12.8 Å². The van der Waals surface area contributed by atoms with Crippen LogP contribution in [0.2, 0.25) is 0 Å². The molecule has 0 unspecified atom stereocenters. The van der Waals surface area contributed by atoms with E-state index in [1.54, 1.807) is 12.1 Å². The van der Waals surface area contributed by atoms with E-state index in [1.165, 1.54) is 16.7 Å². The first-order chi connectivity index (χ1) is 8.24. The number of aryl methyl sites for hydroxylation is 1. The Morgan fingerprint density at radius 2 is 2.18 bits per heavy atom. The van der Waals surface area contributed by atoms with Crippen molar-refractivity contribution in [3.05, 3.63) is 46.4 Å². The first-order valence-corrected chi connectivity index (χ1v) is 5.35. The predicted octanol–water partition coefficient (Wildman–Crippen LogP) is 0.591. The number of rotatable bonds is 4. The highest BCUT2D eigenvalue weighted by Gasteiger charge is 2.12. The van der Waals surface area contributed by atoms with E-state index in [0.717, 1.165) is 0 Å². The molecule has 6 heteroatoms. The molecule has 0 aliphatic rings. The number of nitrogens with zero attached hydrogens (tertiary/aromatic N) is 2. The molecule has 3 N–H and O–H groups in total. The van der Waals surface area contributed by atoms with Crippen molar-refractivity contribution < 1.29 is 4.39 Å². The van der Waals surface area contributed by atoms with Gasteiger partial charge in [0.25, 0.3) is 0 Å². The highest BCUT2D eigenvalue weighted by atomic mass is 19.1. The van der Waals surface area contributed by atoms with Crippen molar-refractivity contribution in [2.24, 2.45) is 5.73 Å². The number of hydrogen-bond acceptors (Lipinski definition) is 3. The maximum atomic E-state index is 13.6. The van der Waals surface area contributed by atoms with Gasteiger partial charge in [0.1, 0.15) is 11.6 Å². The molecule has 2 rings (SSSR count). The zero-order valence-electron chi connectivity index (χ0n) is 9.19. The summed E-state index contributed by atoms with van der Waals surface area (Å²) in [5.74, 6) is 0.0375. The number of aromatic amines is 1. The minimum absolute atomic E-state index is 0.207. The molecule has 0 aliphatic carbocycles. The molecule has 2 aromatic rings. The molecular weight excluding hydrogens is 223 g/mol.